The molecule has 2 atom stereocenters. The average Bonchev–Trinajstić information content (AvgIpc) is 2.76. The van der Waals surface area contributed by atoms with Gasteiger partial charge in [-0.15, -0.1) is 0 Å². The minimum Gasteiger partial charge on any atom is -0.376 e. The molecule has 0 saturated carbocycles. The Bertz CT molecular complexity index is 349. The normalized spacial score (nSPS) is 36.2. The van der Waals surface area contributed by atoms with Crippen LogP contribution in [0, 0.1) is 0 Å². The third-order valence-electron chi connectivity index (χ3n) is 3.51. The van der Waals surface area contributed by atoms with E-state index in [9.17, 15) is 0 Å². The van der Waals surface area contributed by atoms with Crippen molar-refractivity contribution in [1.29, 1.82) is 0 Å². The van der Waals surface area contributed by atoms with E-state index < -0.39 is 0 Å². The van der Waals surface area contributed by atoms with Crippen molar-refractivity contribution in [3.63, 3.8) is 0 Å². The van der Waals surface area contributed by atoms with Crippen molar-refractivity contribution in [3.8, 4) is 0 Å². The Kier molecular flexibility index (Phi) is 1.69. The van der Waals surface area contributed by atoms with Gasteiger partial charge in [-0.05, 0) is 13.3 Å². The van der Waals surface area contributed by atoms with E-state index in [-0.39, 0.29) is 11.6 Å². The lowest BCUT2D eigenvalue weighted by molar-refractivity contribution is 0.0780. The standard InChI is InChI=1S/C10H15N3O/c1-7-10(3-5-14-7)9-8(2-4-13-10)11-6-12-9/h6-7,13H,2-5H2,1H3,(H,11,12)/t7-,10+/m1/s1. The monoisotopic (exact) mass is 193 g/mol. The molecule has 0 radical (unpaired) electrons. The van der Waals surface area contributed by atoms with Crippen LogP contribution in [0.4, 0.5) is 0 Å². The average molecular weight is 193 g/mol. The summed E-state index contributed by atoms with van der Waals surface area (Å²) < 4.78 is 5.66. The van der Waals surface area contributed by atoms with E-state index in [1.165, 1.54) is 11.4 Å². The Balaban J connectivity index is 2.10. The molecular formula is C10H15N3O. The van der Waals surface area contributed by atoms with E-state index in [2.05, 4.69) is 22.2 Å². The summed E-state index contributed by atoms with van der Waals surface area (Å²) in [6.45, 7) is 3.98. The Morgan fingerprint density at radius 3 is 3.36 bits per heavy atom. The van der Waals surface area contributed by atoms with Gasteiger partial charge in [-0.25, -0.2) is 4.98 Å². The van der Waals surface area contributed by atoms with Gasteiger partial charge >= 0.3 is 0 Å². The molecule has 2 aliphatic heterocycles. The minimum absolute atomic E-state index is 0.0203. The second-order valence-corrected chi connectivity index (χ2v) is 4.14. The molecule has 0 unspecified atom stereocenters. The predicted octanol–water partition coefficient (Wildman–Crippen LogP) is 0.559. The van der Waals surface area contributed by atoms with Crippen LogP contribution >= 0.6 is 0 Å². The zero-order valence-electron chi connectivity index (χ0n) is 8.34. The maximum Gasteiger partial charge on any atom is 0.0926 e. The summed E-state index contributed by atoms with van der Waals surface area (Å²) >= 11 is 0. The molecule has 76 valence electrons. The minimum atomic E-state index is -0.0203. The smallest absolute Gasteiger partial charge is 0.0926 e. The van der Waals surface area contributed by atoms with E-state index in [0.717, 1.165) is 26.0 Å². The molecule has 1 aromatic rings. The van der Waals surface area contributed by atoms with Crippen molar-refractivity contribution in [1.82, 2.24) is 15.3 Å². The van der Waals surface area contributed by atoms with Crippen LogP contribution in [0.25, 0.3) is 0 Å². The Hall–Kier alpha value is -0.870. The van der Waals surface area contributed by atoms with Crippen LogP contribution in [0.15, 0.2) is 6.33 Å². The highest BCUT2D eigenvalue weighted by Crippen LogP contribution is 2.38. The van der Waals surface area contributed by atoms with Gasteiger partial charge < -0.3 is 15.0 Å². The molecule has 3 rings (SSSR count). The molecule has 4 heteroatoms. The number of aromatic amines is 1. The predicted molar refractivity (Wildman–Crippen MR) is 52.0 cm³/mol. The van der Waals surface area contributed by atoms with Crippen molar-refractivity contribution in [2.75, 3.05) is 13.2 Å². The molecule has 0 aliphatic carbocycles. The highest BCUT2D eigenvalue weighted by atomic mass is 16.5. The number of rotatable bonds is 0. The molecule has 1 aromatic heterocycles. The van der Waals surface area contributed by atoms with Crippen molar-refractivity contribution in [2.45, 2.75) is 31.4 Å². The first kappa shape index (κ1) is 8.44. The van der Waals surface area contributed by atoms with Crippen molar-refractivity contribution < 1.29 is 4.74 Å². The SMILES string of the molecule is C[C@H]1OCC[C@]12NCCc1[nH]cnc12. The summed E-state index contributed by atoms with van der Waals surface area (Å²) in [5.74, 6) is 0. The molecule has 3 heterocycles. The number of imidazole rings is 1. The number of hydrogen-bond acceptors (Lipinski definition) is 3. The Morgan fingerprint density at radius 2 is 2.57 bits per heavy atom. The van der Waals surface area contributed by atoms with E-state index in [4.69, 9.17) is 4.74 Å². The van der Waals surface area contributed by atoms with E-state index >= 15 is 0 Å². The van der Waals surface area contributed by atoms with Crippen molar-refractivity contribution >= 4 is 0 Å². The largest absolute Gasteiger partial charge is 0.376 e. The van der Waals surface area contributed by atoms with Crippen LogP contribution in [0.5, 0.6) is 0 Å². The zero-order valence-corrected chi connectivity index (χ0v) is 8.34. The van der Waals surface area contributed by atoms with Gasteiger partial charge in [0.25, 0.3) is 0 Å². The molecule has 14 heavy (non-hydrogen) atoms. The summed E-state index contributed by atoms with van der Waals surface area (Å²) in [4.78, 5) is 7.67. The molecule has 1 spiro atoms. The first-order chi connectivity index (χ1) is 6.83. The van der Waals surface area contributed by atoms with Gasteiger partial charge in [0.2, 0.25) is 0 Å². The first-order valence-electron chi connectivity index (χ1n) is 5.22. The van der Waals surface area contributed by atoms with Crippen LogP contribution < -0.4 is 5.32 Å². The van der Waals surface area contributed by atoms with Gasteiger partial charge in [-0.2, -0.15) is 0 Å². The topological polar surface area (TPSA) is 49.9 Å². The van der Waals surface area contributed by atoms with Crippen molar-refractivity contribution in [2.24, 2.45) is 0 Å². The van der Waals surface area contributed by atoms with E-state index in [1.54, 1.807) is 6.33 Å². The third-order valence-corrected chi connectivity index (χ3v) is 3.51. The number of nitrogens with one attached hydrogen (secondary N) is 2. The zero-order chi connectivity index (χ0) is 9.60. The molecule has 1 saturated heterocycles. The maximum absolute atomic E-state index is 5.66. The molecule has 2 N–H and O–H groups in total. The molecule has 4 nitrogen and oxygen atoms in total. The molecular weight excluding hydrogens is 178 g/mol. The fraction of sp³-hybridized carbons (Fsp3) is 0.700. The number of aromatic nitrogens is 2. The highest BCUT2D eigenvalue weighted by Gasteiger charge is 2.47. The Labute approximate surface area is 83.1 Å². The fourth-order valence-electron chi connectivity index (χ4n) is 2.68. The second-order valence-electron chi connectivity index (χ2n) is 4.14. The molecule has 0 bridgehead atoms. The van der Waals surface area contributed by atoms with Gasteiger partial charge in [0.1, 0.15) is 0 Å². The van der Waals surface area contributed by atoms with Gasteiger partial charge in [-0.1, -0.05) is 0 Å². The molecule has 0 aromatic carbocycles. The van der Waals surface area contributed by atoms with Gasteiger partial charge in [0.05, 0.1) is 23.7 Å². The van der Waals surface area contributed by atoms with E-state index in [1.807, 2.05) is 0 Å². The van der Waals surface area contributed by atoms with Crippen LogP contribution in [-0.2, 0) is 16.7 Å². The lowest BCUT2D eigenvalue weighted by Crippen LogP contribution is -2.51. The number of fused-ring (bicyclic) bond motifs is 2. The number of nitrogens with zero attached hydrogens (tertiary/aromatic N) is 1. The van der Waals surface area contributed by atoms with Crippen LogP contribution in [0.2, 0.25) is 0 Å². The number of hydrogen-bond donors (Lipinski definition) is 2. The number of H-pyrrole nitrogens is 1. The van der Waals surface area contributed by atoms with Crippen molar-refractivity contribution in [3.05, 3.63) is 17.7 Å². The molecule has 2 aliphatic rings. The maximum atomic E-state index is 5.66. The van der Waals surface area contributed by atoms with Crippen LogP contribution in [0.1, 0.15) is 24.7 Å². The van der Waals surface area contributed by atoms with Gasteiger partial charge in [0.15, 0.2) is 0 Å². The summed E-state index contributed by atoms with van der Waals surface area (Å²) in [6.07, 6.45) is 4.10. The summed E-state index contributed by atoms with van der Waals surface area (Å²) in [5.41, 5.74) is 2.43. The fourth-order valence-corrected chi connectivity index (χ4v) is 2.68. The quantitative estimate of drug-likeness (QED) is 0.633. The third kappa shape index (κ3) is 0.925. The Morgan fingerprint density at radius 1 is 1.64 bits per heavy atom. The van der Waals surface area contributed by atoms with Crippen LogP contribution in [0.3, 0.4) is 0 Å². The van der Waals surface area contributed by atoms with Gasteiger partial charge in [-0.3, -0.25) is 0 Å². The molecule has 0 amide bonds. The summed E-state index contributed by atoms with van der Waals surface area (Å²) in [7, 11) is 0. The lowest BCUT2D eigenvalue weighted by atomic mass is 9.84. The summed E-state index contributed by atoms with van der Waals surface area (Å²) in [6, 6.07) is 0. The summed E-state index contributed by atoms with van der Waals surface area (Å²) in [5, 5.41) is 3.58. The number of ether oxygens (including phenoxy) is 1. The van der Waals surface area contributed by atoms with Gasteiger partial charge in [0, 0.05) is 25.3 Å². The lowest BCUT2D eigenvalue weighted by Gasteiger charge is -2.36. The van der Waals surface area contributed by atoms with Crippen LogP contribution in [-0.4, -0.2) is 29.2 Å². The first-order valence-corrected chi connectivity index (χ1v) is 5.22. The second kappa shape index (κ2) is 2.81. The van der Waals surface area contributed by atoms with E-state index in [0.29, 0.717) is 0 Å². The highest BCUT2D eigenvalue weighted by molar-refractivity contribution is 5.28. The molecule has 1 fully saturated rings.